The summed E-state index contributed by atoms with van der Waals surface area (Å²) in [6, 6.07) is 4.66. The van der Waals surface area contributed by atoms with E-state index in [0.29, 0.717) is 17.0 Å². The van der Waals surface area contributed by atoms with Crippen LogP contribution in [0.2, 0.25) is 0 Å². The number of rotatable bonds is 1. The van der Waals surface area contributed by atoms with Crippen molar-refractivity contribution in [3.8, 4) is 0 Å². The lowest BCUT2D eigenvalue weighted by atomic mass is 10.3. The van der Waals surface area contributed by atoms with Gasteiger partial charge >= 0.3 is 0 Å². The summed E-state index contributed by atoms with van der Waals surface area (Å²) in [5.41, 5.74) is 1.18. The second kappa shape index (κ2) is 2.81. The zero-order valence-electron chi connectivity index (χ0n) is 7.81. The maximum atomic E-state index is 11.2. The van der Waals surface area contributed by atoms with Crippen LogP contribution in [0.4, 0.5) is 0 Å². The standard InChI is InChI=1S/C9H9NO3S/c1-6-10-8-4-3-7(14(2,11)12)5-9(8)13-6/h3-5H,1-2H3. The zero-order valence-corrected chi connectivity index (χ0v) is 8.63. The Bertz CT molecular complexity index is 583. The molecule has 5 heteroatoms. The fourth-order valence-electron chi connectivity index (χ4n) is 1.25. The Morgan fingerprint density at radius 3 is 2.71 bits per heavy atom. The summed E-state index contributed by atoms with van der Waals surface area (Å²) in [5, 5.41) is 0. The van der Waals surface area contributed by atoms with E-state index in [1.54, 1.807) is 13.0 Å². The van der Waals surface area contributed by atoms with Crippen LogP contribution >= 0.6 is 0 Å². The second-order valence-corrected chi connectivity index (χ2v) is 5.15. The first-order chi connectivity index (χ1) is 6.47. The number of hydrogen-bond donors (Lipinski definition) is 0. The van der Waals surface area contributed by atoms with Crippen LogP contribution < -0.4 is 0 Å². The molecule has 0 unspecified atom stereocenters. The van der Waals surface area contributed by atoms with Crippen molar-refractivity contribution in [1.29, 1.82) is 0 Å². The summed E-state index contributed by atoms with van der Waals surface area (Å²) in [5.74, 6) is 0.533. The molecule has 2 aromatic rings. The third-order valence-corrected chi connectivity index (χ3v) is 3.01. The van der Waals surface area contributed by atoms with Crippen molar-refractivity contribution >= 4 is 20.9 Å². The third-order valence-electron chi connectivity index (χ3n) is 1.89. The maximum Gasteiger partial charge on any atom is 0.192 e. The van der Waals surface area contributed by atoms with E-state index in [1.165, 1.54) is 12.1 Å². The third kappa shape index (κ3) is 1.50. The van der Waals surface area contributed by atoms with E-state index in [2.05, 4.69) is 4.98 Å². The van der Waals surface area contributed by atoms with E-state index in [4.69, 9.17) is 4.42 Å². The minimum Gasteiger partial charge on any atom is -0.441 e. The highest BCUT2D eigenvalue weighted by Gasteiger charge is 2.10. The van der Waals surface area contributed by atoms with Crippen molar-refractivity contribution < 1.29 is 12.8 Å². The second-order valence-electron chi connectivity index (χ2n) is 3.13. The largest absolute Gasteiger partial charge is 0.441 e. The monoisotopic (exact) mass is 211 g/mol. The summed E-state index contributed by atoms with van der Waals surface area (Å²) in [6.07, 6.45) is 1.16. The van der Waals surface area contributed by atoms with Crippen LogP contribution in [0, 0.1) is 6.92 Å². The Morgan fingerprint density at radius 2 is 2.07 bits per heavy atom. The van der Waals surface area contributed by atoms with Gasteiger partial charge in [-0.3, -0.25) is 0 Å². The number of sulfone groups is 1. The smallest absolute Gasteiger partial charge is 0.192 e. The normalized spacial score (nSPS) is 12.1. The Hall–Kier alpha value is -1.36. The highest BCUT2D eigenvalue weighted by molar-refractivity contribution is 7.90. The Balaban J connectivity index is 2.74. The van der Waals surface area contributed by atoms with Crippen LogP contribution in [0.25, 0.3) is 11.1 Å². The molecule has 74 valence electrons. The summed E-state index contributed by atoms with van der Waals surface area (Å²) in [7, 11) is -3.17. The summed E-state index contributed by atoms with van der Waals surface area (Å²) in [6.45, 7) is 1.72. The lowest BCUT2D eigenvalue weighted by molar-refractivity contribution is 0.559. The fraction of sp³-hybridized carbons (Fsp3) is 0.222. The lowest BCUT2D eigenvalue weighted by Gasteiger charge is -1.95. The summed E-state index contributed by atoms with van der Waals surface area (Å²) < 4.78 is 27.7. The van der Waals surface area contributed by atoms with Crippen LogP contribution in [0.15, 0.2) is 27.5 Å². The van der Waals surface area contributed by atoms with Gasteiger partial charge in [0.25, 0.3) is 0 Å². The molecular weight excluding hydrogens is 202 g/mol. The molecule has 0 aliphatic heterocycles. The highest BCUT2D eigenvalue weighted by Crippen LogP contribution is 2.19. The van der Waals surface area contributed by atoms with Crippen LogP contribution in [0.5, 0.6) is 0 Å². The van der Waals surface area contributed by atoms with E-state index >= 15 is 0 Å². The van der Waals surface area contributed by atoms with Crippen molar-refractivity contribution in [2.24, 2.45) is 0 Å². The van der Waals surface area contributed by atoms with Gasteiger partial charge < -0.3 is 4.42 Å². The average Bonchev–Trinajstić information content (AvgIpc) is 2.41. The summed E-state index contributed by atoms with van der Waals surface area (Å²) >= 11 is 0. The van der Waals surface area contributed by atoms with Crippen LogP contribution in [-0.4, -0.2) is 19.7 Å². The Morgan fingerprint density at radius 1 is 1.36 bits per heavy atom. The molecule has 2 rings (SSSR count). The van der Waals surface area contributed by atoms with Gasteiger partial charge in [-0.1, -0.05) is 0 Å². The molecule has 1 heterocycles. The minimum atomic E-state index is -3.17. The fourth-order valence-corrected chi connectivity index (χ4v) is 1.89. The van der Waals surface area contributed by atoms with Gasteiger partial charge in [0, 0.05) is 19.2 Å². The SMILES string of the molecule is Cc1nc2ccc(S(C)(=O)=O)cc2o1. The molecule has 4 nitrogen and oxygen atoms in total. The number of oxazole rings is 1. The van der Waals surface area contributed by atoms with Crippen LogP contribution in [-0.2, 0) is 9.84 Å². The number of aryl methyl sites for hydroxylation is 1. The Kier molecular flexibility index (Phi) is 1.85. The summed E-state index contributed by atoms with van der Waals surface area (Å²) in [4.78, 5) is 4.33. The number of nitrogens with zero attached hydrogens (tertiary/aromatic N) is 1. The lowest BCUT2D eigenvalue weighted by Crippen LogP contribution is -1.95. The molecule has 0 bridgehead atoms. The molecule has 0 N–H and O–H groups in total. The first kappa shape index (κ1) is 9.21. The average molecular weight is 211 g/mol. The molecule has 1 aromatic heterocycles. The number of aromatic nitrogens is 1. The molecule has 0 aliphatic rings. The molecule has 1 aromatic carbocycles. The predicted octanol–water partition coefficient (Wildman–Crippen LogP) is 1.54. The van der Waals surface area contributed by atoms with Crippen molar-refractivity contribution in [3.63, 3.8) is 0 Å². The molecule has 0 atom stereocenters. The molecule has 0 saturated heterocycles. The van der Waals surface area contributed by atoms with Crippen molar-refractivity contribution in [3.05, 3.63) is 24.1 Å². The van der Waals surface area contributed by atoms with Crippen LogP contribution in [0.3, 0.4) is 0 Å². The first-order valence-corrected chi connectivity index (χ1v) is 5.93. The number of fused-ring (bicyclic) bond motifs is 1. The van der Waals surface area contributed by atoms with Crippen molar-refractivity contribution in [2.75, 3.05) is 6.26 Å². The first-order valence-electron chi connectivity index (χ1n) is 4.04. The molecule has 0 fully saturated rings. The van der Waals surface area contributed by atoms with Gasteiger partial charge in [-0.2, -0.15) is 0 Å². The molecule has 0 aliphatic carbocycles. The van der Waals surface area contributed by atoms with E-state index in [1.807, 2.05) is 0 Å². The van der Waals surface area contributed by atoms with E-state index in [9.17, 15) is 8.42 Å². The van der Waals surface area contributed by atoms with Crippen LogP contribution in [0.1, 0.15) is 5.89 Å². The molecule has 0 radical (unpaired) electrons. The van der Waals surface area contributed by atoms with Gasteiger partial charge in [0.1, 0.15) is 5.52 Å². The predicted molar refractivity (Wildman–Crippen MR) is 51.9 cm³/mol. The Labute approximate surface area is 81.5 Å². The van der Waals surface area contributed by atoms with Gasteiger partial charge in [-0.05, 0) is 12.1 Å². The molecule has 0 amide bonds. The van der Waals surface area contributed by atoms with Gasteiger partial charge in [0.2, 0.25) is 0 Å². The molecular formula is C9H9NO3S. The number of hydrogen-bond acceptors (Lipinski definition) is 4. The molecule has 14 heavy (non-hydrogen) atoms. The van der Waals surface area contributed by atoms with E-state index in [-0.39, 0.29) is 4.90 Å². The minimum absolute atomic E-state index is 0.251. The number of benzene rings is 1. The van der Waals surface area contributed by atoms with Crippen molar-refractivity contribution in [1.82, 2.24) is 4.98 Å². The highest BCUT2D eigenvalue weighted by atomic mass is 32.2. The van der Waals surface area contributed by atoms with Crippen molar-refractivity contribution in [2.45, 2.75) is 11.8 Å². The topological polar surface area (TPSA) is 60.2 Å². The maximum absolute atomic E-state index is 11.2. The van der Waals surface area contributed by atoms with Gasteiger partial charge in [-0.25, -0.2) is 13.4 Å². The quantitative estimate of drug-likeness (QED) is 0.717. The van der Waals surface area contributed by atoms with E-state index < -0.39 is 9.84 Å². The van der Waals surface area contributed by atoms with Gasteiger partial charge in [0.15, 0.2) is 21.3 Å². The molecule has 0 spiro atoms. The van der Waals surface area contributed by atoms with E-state index in [0.717, 1.165) is 6.26 Å². The van der Waals surface area contributed by atoms with Gasteiger partial charge in [0.05, 0.1) is 4.90 Å². The molecule has 0 saturated carbocycles. The zero-order chi connectivity index (χ0) is 10.3. The van der Waals surface area contributed by atoms with Gasteiger partial charge in [-0.15, -0.1) is 0 Å².